The molecular weight excluding hydrogens is 298 g/mol. The Hall–Kier alpha value is -2.24. The quantitative estimate of drug-likeness (QED) is 0.745. The summed E-state index contributed by atoms with van der Waals surface area (Å²) in [6.45, 7) is 6.50. The second kappa shape index (κ2) is 7.85. The number of ether oxygens (including phenoxy) is 3. The lowest BCUT2D eigenvalue weighted by molar-refractivity contribution is -0.148. The van der Waals surface area contributed by atoms with Crippen LogP contribution in [0, 0.1) is 11.8 Å². The van der Waals surface area contributed by atoms with Gasteiger partial charge in [0.25, 0.3) is 5.91 Å². The molecule has 0 saturated heterocycles. The summed E-state index contributed by atoms with van der Waals surface area (Å²) in [6, 6.07) is 5.15. The number of carbonyl (C=O) groups excluding carboxylic acids is 2. The highest BCUT2D eigenvalue weighted by atomic mass is 16.5. The van der Waals surface area contributed by atoms with Gasteiger partial charge in [-0.25, -0.2) is 0 Å². The first-order valence-electron chi connectivity index (χ1n) is 7.91. The maximum absolute atomic E-state index is 11.9. The first-order valence-corrected chi connectivity index (χ1v) is 7.91. The number of hydrogen-bond donors (Lipinski definition) is 1. The first kappa shape index (κ1) is 17.1. The molecule has 2 atom stereocenters. The van der Waals surface area contributed by atoms with Crippen LogP contribution in [0.3, 0.4) is 0 Å². The fourth-order valence-corrected chi connectivity index (χ4v) is 2.22. The Labute approximate surface area is 136 Å². The van der Waals surface area contributed by atoms with Crippen molar-refractivity contribution < 1.29 is 23.8 Å². The molecule has 6 heteroatoms. The third kappa shape index (κ3) is 4.87. The first-order chi connectivity index (χ1) is 11.0. The monoisotopic (exact) mass is 321 g/mol. The molecule has 1 aromatic rings. The van der Waals surface area contributed by atoms with Crippen molar-refractivity contribution in [1.29, 1.82) is 0 Å². The number of esters is 1. The summed E-state index contributed by atoms with van der Waals surface area (Å²) in [4.78, 5) is 23.5. The zero-order valence-electron chi connectivity index (χ0n) is 13.8. The zero-order chi connectivity index (χ0) is 16.8. The highest BCUT2D eigenvalue weighted by Crippen LogP contribution is 2.38. The van der Waals surface area contributed by atoms with Gasteiger partial charge in [-0.05, 0) is 38.3 Å². The van der Waals surface area contributed by atoms with E-state index in [1.54, 1.807) is 18.2 Å². The summed E-state index contributed by atoms with van der Waals surface area (Å²) in [7, 11) is 0. The molecular formula is C17H23NO5. The normalized spacial score (nSPS) is 18.9. The molecule has 126 valence electrons. The molecule has 1 saturated carbocycles. The number of nitrogens with one attached hydrogen (secondary N) is 1. The molecule has 1 amide bonds. The van der Waals surface area contributed by atoms with E-state index in [2.05, 4.69) is 5.32 Å². The van der Waals surface area contributed by atoms with Gasteiger partial charge in [-0.3, -0.25) is 9.59 Å². The van der Waals surface area contributed by atoms with Crippen LogP contribution in [0.4, 0.5) is 5.69 Å². The van der Waals surface area contributed by atoms with E-state index < -0.39 is 0 Å². The minimum absolute atomic E-state index is 0.0437. The topological polar surface area (TPSA) is 73.9 Å². The van der Waals surface area contributed by atoms with Crippen LogP contribution >= 0.6 is 0 Å². The minimum atomic E-state index is -0.377. The lowest BCUT2D eigenvalue weighted by atomic mass is 10.2. The molecule has 0 aliphatic heterocycles. The summed E-state index contributed by atoms with van der Waals surface area (Å²) >= 11 is 0. The van der Waals surface area contributed by atoms with Crippen molar-refractivity contribution in [2.45, 2.75) is 27.2 Å². The summed E-state index contributed by atoms with van der Waals surface area (Å²) in [5.74, 6) is 0.841. The molecule has 0 spiro atoms. The van der Waals surface area contributed by atoms with Crippen LogP contribution in [0.15, 0.2) is 18.2 Å². The number of benzene rings is 1. The molecule has 2 rings (SSSR count). The van der Waals surface area contributed by atoms with Gasteiger partial charge < -0.3 is 19.5 Å². The number of amides is 1. The van der Waals surface area contributed by atoms with Gasteiger partial charge in [-0.15, -0.1) is 0 Å². The Morgan fingerprint density at radius 2 is 1.83 bits per heavy atom. The van der Waals surface area contributed by atoms with Crippen molar-refractivity contribution in [1.82, 2.24) is 0 Å². The number of rotatable bonds is 8. The van der Waals surface area contributed by atoms with Crippen LogP contribution in [0.25, 0.3) is 0 Å². The van der Waals surface area contributed by atoms with Crippen molar-refractivity contribution >= 4 is 17.6 Å². The van der Waals surface area contributed by atoms with E-state index in [4.69, 9.17) is 14.2 Å². The van der Waals surface area contributed by atoms with Crippen molar-refractivity contribution in [3.63, 3.8) is 0 Å². The van der Waals surface area contributed by atoms with Crippen LogP contribution in [0.5, 0.6) is 11.5 Å². The maximum atomic E-state index is 11.9. The molecule has 0 unspecified atom stereocenters. The average molecular weight is 321 g/mol. The van der Waals surface area contributed by atoms with Crippen molar-refractivity contribution in [2.75, 3.05) is 25.1 Å². The third-order valence-corrected chi connectivity index (χ3v) is 3.58. The summed E-state index contributed by atoms with van der Waals surface area (Å²) in [6.07, 6.45) is 0.844. The van der Waals surface area contributed by atoms with E-state index in [1.165, 1.54) is 0 Å². The van der Waals surface area contributed by atoms with E-state index in [-0.39, 0.29) is 24.4 Å². The van der Waals surface area contributed by atoms with Gasteiger partial charge in [-0.2, -0.15) is 0 Å². The predicted octanol–water partition coefficient (Wildman–Crippen LogP) is 2.62. The SMILES string of the molecule is CCOc1ccc(NC(=O)COC(=O)[C@H]2C[C@@H]2C)cc1OCC. The van der Waals surface area contributed by atoms with Crippen LogP contribution in [-0.4, -0.2) is 31.7 Å². The smallest absolute Gasteiger partial charge is 0.309 e. The highest BCUT2D eigenvalue weighted by molar-refractivity contribution is 5.93. The van der Waals surface area contributed by atoms with E-state index in [9.17, 15) is 9.59 Å². The molecule has 0 radical (unpaired) electrons. The van der Waals surface area contributed by atoms with Crippen LogP contribution < -0.4 is 14.8 Å². The lowest BCUT2D eigenvalue weighted by Crippen LogP contribution is -2.21. The zero-order valence-corrected chi connectivity index (χ0v) is 13.8. The molecule has 23 heavy (non-hydrogen) atoms. The van der Waals surface area contributed by atoms with Gasteiger partial charge in [0.05, 0.1) is 19.1 Å². The predicted molar refractivity (Wildman–Crippen MR) is 85.6 cm³/mol. The van der Waals surface area contributed by atoms with Gasteiger partial charge >= 0.3 is 5.97 Å². The van der Waals surface area contributed by atoms with Crippen molar-refractivity contribution in [3.05, 3.63) is 18.2 Å². The second-order valence-electron chi connectivity index (χ2n) is 5.50. The van der Waals surface area contributed by atoms with Gasteiger partial charge in [-0.1, -0.05) is 6.92 Å². The number of carbonyl (C=O) groups is 2. The Balaban J connectivity index is 1.89. The molecule has 0 bridgehead atoms. The Morgan fingerprint density at radius 3 is 2.43 bits per heavy atom. The maximum Gasteiger partial charge on any atom is 0.309 e. The molecule has 0 aromatic heterocycles. The molecule has 1 fully saturated rings. The highest BCUT2D eigenvalue weighted by Gasteiger charge is 2.40. The van der Waals surface area contributed by atoms with Gasteiger partial charge in [0.1, 0.15) is 0 Å². The van der Waals surface area contributed by atoms with E-state index in [1.807, 2.05) is 20.8 Å². The van der Waals surface area contributed by atoms with E-state index in [0.29, 0.717) is 36.3 Å². The summed E-state index contributed by atoms with van der Waals surface area (Å²) in [5.41, 5.74) is 0.567. The van der Waals surface area contributed by atoms with Crippen LogP contribution in [-0.2, 0) is 14.3 Å². The summed E-state index contributed by atoms with van der Waals surface area (Å²) in [5, 5.41) is 2.68. The number of anilines is 1. The average Bonchev–Trinajstić information content (AvgIpc) is 3.25. The van der Waals surface area contributed by atoms with Gasteiger partial charge in [0, 0.05) is 11.8 Å². The Bertz CT molecular complexity index is 572. The molecule has 1 aromatic carbocycles. The Kier molecular flexibility index (Phi) is 5.84. The van der Waals surface area contributed by atoms with Gasteiger partial charge in [0.2, 0.25) is 0 Å². The molecule has 1 aliphatic rings. The largest absolute Gasteiger partial charge is 0.490 e. The van der Waals surface area contributed by atoms with Gasteiger partial charge in [0.15, 0.2) is 18.1 Å². The summed E-state index contributed by atoms with van der Waals surface area (Å²) < 4.78 is 16.0. The number of hydrogen-bond acceptors (Lipinski definition) is 5. The third-order valence-electron chi connectivity index (χ3n) is 3.58. The molecule has 0 heterocycles. The molecule has 1 aliphatic carbocycles. The molecule has 6 nitrogen and oxygen atoms in total. The fraction of sp³-hybridized carbons (Fsp3) is 0.529. The second-order valence-corrected chi connectivity index (χ2v) is 5.50. The molecule has 1 N–H and O–H groups in total. The van der Waals surface area contributed by atoms with E-state index in [0.717, 1.165) is 6.42 Å². The van der Waals surface area contributed by atoms with E-state index >= 15 is 0 Å². The Morgan fingerprint density at radius 1 is 1.17 bits per heavy atom. The fourth-order valence-electron chi connectivity index (χ4n) is 2.22. The van der Waals surface area contributed by atoms with Crippen molar-refractivity contribution in [3.8, 4) is 11.5 Å². The van der Waals surface area contributed by atoms with Crippen molar-refractivity contribution in [2.24, 2.45) is 11.8 Å². The van der Waals surface area contributed by atoms with Crippen LogP contribution in [0.2, 0.25) is 0 Å². The lowest BCUT2D eigenvalue weighted by Gasteiger charge is -2.13. The van der Waals surface area contributed by atoms with Crippen LogP contribution in [0.1, 0.15) is 27.2 Å². The standard InChI is InChI=1S/C17H23NO5/c1-4-21-14-7-6-12(9-15(14)22-5-2)18-16(19)10-23-17(20)13-8-11(13)3/h6-7,9,11,13H,4-5,8,10H2,1-3H3,(H,18,19)/t11-,13-/m0/s1. The minimum Gasteiger partial charge on any atom is -0.490 e.